The third kappa shape index (κ3) is 2.39. The number of rotatable bonds is 3. The van der Waals surface area contributed by atoms with E-state index in [2.05, 4.69) is 21.0 Å². The Morgan fingerprint density at radius 2 is 2.09 bits per heavy atom. The molecule has 1 saturated carbocycles. The summed E-state index contributed by atoms with van der Waals surface area (Å²) in [6, 6.07) is 10.2. The van der Waals surface area contributed by atoms with Crippen LogP contribution in [0.3, 0.4) is 0 Å². The standard InChI is InChI=1S/C16H14N6O/c17-7-10-8-19-16(23-12-5-11(18)6-12)21-15(10)22-9-20-13-3-1-2-4-14(13)22/h1-4,8-9,11-12H,5-6,18H2. The number of hydrogen-bond donors (Lipinski definition) is 1. The van der Waals surface area contributed by atoms with Crippen LogP contribution in [0.5, 0.6) is 6.01 Å². The summed E-state index contributed by atoms with van der Waals surface area (Å²) >= 11 is 0. The summed E-state index contributed by atoms with van der Waals surface area (Å²) in [6.07, 6.45) is 4.77. The van der Waals surface area contributed by atoms with E-state index in [0.717, 1.165) is 23.9 Å². The van der Waals surface area contributed by atoms with Crippen LogP contribution in [0.1, 0.15) is 18.4 Å². The lowest BCUT2D eigenvalue weighted by molar-refractivity contribution is 0.0904. The molecule has 2 heterocycles. The number of aromatic nitrogens is 4. The Labute approximate surface area is 132 Å². The van der Waals surface area contributed by atoms with Gasteiger partial charge in [-0.15, -0.1) is 0 Å². The second kappa shape index (κ2) is 5.34. The molecule has 0 spiro atoms. The van der Waals surface area contributed by atoms with Crippen molar-refractivity contribution in [2.45, 2.75) is 25.0 Å². The fraction of sp³-hybridized carbons (Fsp3) is 0.250. The maximum atomic E-state index is 9.33. The first-order chi connectivity index (χ1) is 11.2. The number of fused-ring (bicyclic) bond motifs is 1. The molecule has 2 N–H and O–H groups in total. The number of nitriles is 1. The van der Waals surface area contributed by atoms with Crippen molar-refractivity contribution in [2.24, 2.45) is 5.73 Å². The molecule has 7 nitrogen and oxygen atoms in total. The van der Waals surface area contributed by atoms with E-state index in [1.54, 1.807) is 10.9 Å². The molecule has 0 atom stereocenters. The highest BCUT2D eigenvalue weighted by atomic mass is 16.5. The Morgan fingerprint density at radius 1 is 1.26 bits per heavy atom. The highest BCUT2D eigenvalue weighted by molar-refractivity contribution is 5.77. The number of nitrogens with two attached hydrogens (primary N) is 1. The fourth-order valence-electron chi connectivity index (χ4n) is 2.66. The van der Waals surface area contributed by atoms with Gasteiger partial charge in [0.2, 0.25) is 0 Å². The van der Waals surface area contributed by atoms with Gasteiger partial charge >= 0.3 is 6.01 Å². The molecule has 114 valence electrons. The van der Waals surface area contributed by atoms with E-state index in [4.69, 9.17) is 10.5 Å². The summed E-state index contributed by atoms with van der Waals surface area (Å²) in [7, 11) is 0. The molecule has 1 aliphatic rings. The topological polar surface area (TPSA) is 103 Å². The predicted octanol–water partition coefficient (Wildman–Crippen LogP) is 1.56. The zero-order chi connectivity index (χ0) is 15.8. The number of imidazole rings is 1. The quantitative estimate of drug-likeness (QED) is 0.787. The van der Waals surface area contributed by atoms with Crippen LogP contribution in [0.15, 0.2) is 36.8 Å². The van der Waals surface area contributed by atoms with E-state index in [9.17, 15) is 5.26 Å². The minimum atomic E-state index is 0.0466. The number of para-hydroxylation sites is 2. The summed E-state index contributed by atoms with van der Waals surface area (Å²) in [5.74, 6) is 0.467. The Kier molecular flexibility index (Phi) is 3.17. The van der Waals surface area contributed by atoms with E-state index >= 15 is 0 Å². The van der Waals surface area contributed by atoms with E-state index in [1.165, 1.54) is 6.20 Å². The van der Waals surface area contributed by atoms with Crippen LogP contribution < -0.4 is 10.5 Å². The van der Waals surface area contributed by atoms with Gasteiger partial charge in [-0.1, -0.05) is 12.1 Å². The van der Waals surface area contributed by atoms with E-state index in [0.29, 0.717) is 11.4 Å². The highest BCUT2D eigenvalue weighted by Gasteiger charge is 2.28. The molecule has 23 heavy (non-hydrogen) atoms. The summed E-state index contributed by atoms with van der Waals surface area (Å²) < 4.78 is 7.50. The molecule has 0 bridgehead atoms. The van der Waals surface area contributed by atoms with Crippen molar-refractivity contribution in [3.05, 3.63) is 42.4 Å². The van der Waals surface area contributed by atoms with Crippen LogP contribution in [0.25, 0.3) is 16.9 Å². The van der Waals surface area contributed by atoms with Crippen molar-refractivity contribution in [1.29, 1.82) is 5.26 Å². The van der Waals surface area contributed by atoms with Gasteiger partial charge in [0.05, 0.1) is 17.2 Å². The van der Waals surface area contributed by atoms with Crippen LogP contribution in [0.2, 0.25) is 0 Å². The molecular formula is C16H14N6O. The van der Waals surface area contributed by atoms with E-state index in [1.807, 2.05) is 24.3 Å². The lowest BCUT2D eigenvalue weighted by Gasteiger charge is -2.31. The highest BCUT2D eigenvalue weighted by Crippen LogP contribution is 2.24. The minimum absolute atomic E-state index is 0.0466. The second-order valence-corrected chi connectivity index (χ2v) is 5.58. The number of nitrogens with zero attached hydrogens (tertiary/aromatic N) is 5. The Morgan fingerprint density at radius 3 is 2.87 bits per heavy atom. The third-order valence-electron chi connectivity index (χ3n) is 3.95. The summed E-state index contributed by atoms with van der Waals surface area (Å²) in [6.45, 7) is 0. The minimum Gasteiger partial charge on any atom is -0.460 e. The Hall–Kier alpha value is -2.98. The normalized spacial score (nSPS) is 20.0. The summed E-state index contributed by atoms with van der Waals surface area (Å²) in [5.41, 5.74) is 7.84. The van der Waals surface area contributed by atoms with Gasteiger partial charge in [0.15, 0.2) is 5.82 Å². The SMILES string of the molecule is N#Cc1cnc(OC2CC(N)C2)nc1-n1cnc2ccccc21. The van der Waals surface area contributed by atoms with Gasteiger partial charge in [0.1, 0.15) is 24.1 Å². The molecule has 0 saturated heterocycles. The van der Waals surface area contributed by atoms with Crippen molar-refractivity contribution in [1.82, 2.24) is 19.5 Å². The molecule has 1 aliphatic carbocycles. The molecule has 2 aromatic heterocycles. The van der Waals surface area contributed by atoms with Crippen molar-refractivity contribution >= 4 is 11.0 Å². The summed E-state index contributed by atoms with van der Waals surface area (Å²) in [5, 5.41) is 9.33. The third-order valence-corrected chi connectivity index (χ3v) is 3.95. The average molecular weight is 306 g/mol. The number of hydrogen-bond acceptors (Lipinski definition) is 6. The van der Waals surface area contributed by atoms with E-state index in [-0.39, 0.29) is 18.2 Å². The van der Waals surface area contributed by atoms with Crippen LogP contribution in [0.4, 0.5) is 0 Å². The zero-order valence-corrected chi connectivity index (χ0v) is 12.3. The lowest BCUT2D eigenvalue weighted by atomic mass is 9.90. The van der Waals surface area contributed by atoms with Gasteiger partial charge in [-0.2, -0.15) is 10.2 Å². The van der Waals surface area contributed by atoms with Crippen molar-refractivity contribution in [2.75, 3.05) is 0 Å². The molecule has 1 fully saturated rings. The lowest BCUT2D eigenvalue weighted by Crippen LogP contribution is -2.43. The molecule has 4 rings (SSSR count). The number of benzene rings is 1. The molecule has 0 unspecified atom stereocenters. The smallest absolute Gasteiger partial charge is 0.318 e. The van der Waals surface area contributed by atoms with Crippen LogP contribution in [0, 0.1) is 11.3 Å². The predicted molar refractivity (Wildman–Crippen MR) is 83.0 cm³/mol. The molecule has 0 aliphatic heterocycles. The summed E-state index contributed by atoms with van der Waals surface area (Å²) in [4.78, 5) is 12.9. The van der Waals surface area contributed by atoms with Crippen LogP contribution in [-0.2, 0) is 0 Å². The van der Waals surface area contributed by atoms with Gasteiger partial charge in [-0.3, -0.25) is 4.57 Å². The molecule has 0 amide bonds. The first-order valence-corrected chi connectivity index (χ1v) is 7.36. The Balaban J connectivity index is 1.75. The molecule has 3 aromatic rings. The maximum Gasteiger partial charge on any atom is 0.318 e. The zero-order valence-electron chi connectivity index (χ0n) is 12.3. The van der Waals surface area contributed by atoms with Gasteiger partial charge < -0.3 is 10.5 Å². The van der Waals surface area contributed by atoms with Gasteiger partial charge in [-0.05, 0) is 25.0 Å². The second-order valence-electron chi connectivity index (χ2n) is 5.58. The van der Waals surface area contributed by atoms with Crippen LogP contribution in [-0.4, -0.2) is 31.7 Å². The largest absolute Gasteiger partial charge is 0.460 e. The maximum absolute atomic E-state index is 9.33. The van der Waals surface area contributed by atoms with Gasteiger partial charge in [0, 0.05) is 6.04 Å². The molecule has 0 radical (unpaired) electrons. The first-order valence-electron chi connectivity index (χ1n) is 7.36. The fourth-order valence-corrected chi connectivity index (χ4v) is 2.66. The van der Waals surface area contributed by atoms with Crippen molar-refractivity contribution in [3.63, 3.8) is 0 Å². The first kappa shape index (κ1) is 13.7. The number of ether oxygens (including phenoxy) is 1. The molecule has 7 heteroatoms. The average Bonchev–Trinajstić information content (AvgIpc) is 2.97. The molecule has 1 aromatic carbocycles. The van der Waals surface area contributed by atoms with Crippen LogP contribution >= 0.6 is 0 Å². The van der Waals surface area contributed by atoms with Gasteiger partial charge in [-0.25, -0.2) is 9.97 Å². The van der Waals surface area contributed by atoms with Crippen molar-refractivity contribution in [3.8, 4) is 17.9 Å². The van der Waals surface area contributed by atoms with Gasteiger partial charge in [0.25, 0.3) is 0 Å². The monoisotopic (exact) mass is 306 g/mol. The van der Waals surface area contributed by atoms with E-state index < -0.39 is 0 Å². The Bertz CT molecular complexity index is 906. The molecular weight excluding hydrogens is 292 g/mol. The van der Waals surface area contributed by atoms with Crippen molar-refractivity contribution < 1.29 is 4.74 Å².